The van der Waals surface area contributed by atoms with E-state index in [-0.39, 0.29) is 0 Å². The molecule has 0 aliphatic carbocycles. The van der Waals surface area contributed by atoms with E-state index >= 15 is 0 Å². The molecule has 1 aliphatic heterocycles. The van der Waals surface area contributed by atoms with E-state index in [1.54, 1.807) is 12.1 Å². The zero-order chi connectivity index (χ0) is 11.6. The molecule has 0 spiro atoms. The van der Waals surface area contributed by atoms with Crippen LogP contribution in [-0.4, -0.2) is 21.2 Å². The van der Waals surface area contributed by atoms with E-state index in [1.807, 2.05) is 12.1 Å². The minimum absolute atomic E-state index is 0.391. The number of hydrogen-bond acceptors (Lipinski definition) is 3. The fourth-order valence-electron chi connectivity index (χ4n) is 2.08. The molecule has 0 aromatic heterocycles. The topological polar surface area (TPSA) is 46.2 Å². The summed E-state index contributed by atoms with van der Waals surface area (Å²) >= 11 is 0. The lowest BCUT2D eigenvalue weighted by atomic mass is 9.98. The van der Waals surface area contributed by atoms with Gasteiger partial charge < -0.3 is 5.32 Å². The maximum absolute atomic E-state index is 11.3. The molecule has 0 saturated carbocycles. The van der Waals surface area contributed by atoms with Gasteiger partial charge in [-0.05, 0) is 37.1 Å². The van der Waals surface area contributed by atoms with Crippen LogP contribution in [0.25, 0.3) is 0 Å². The van der Waals surface area contributed by atoms with Crippen LogP contribution < -0.4 is 5.32 Å². The third-order valence-electron chi connectivity index (χ3n) is 3.02. The Morgan fingerprint density at radius 3 is 2.38 bits per heavy atom. The van der Waals surface area contributed by atoms with Gasteiger partial charge in [0.25, 0.3) is 0 Å². The quantitative estimate of drug-likeness (QED) is 0.857. The third-order valence-corrected chi connectivity index (χ3v) is 4.15. The third kappa shape index (κ3) is 2.62. The number of hydrogen-bond donors (Lipinski definition) is 1. The SMILES string of the molecule is CS(=O)(=O)c1ccc([C@H]2CCCCN2)cc1. The predicted octanol–water partition coefficient (Wildman–Crippen LogP) is 1.90. The minimum Gasteiger partial charge on any atom is -0.310 e. The van der Waals surface area contributed by atoms with Gasteiger partial charge in [0.15, 0.2) is 9.84 Å². The zero-order valence-electron chi connectivity index (χ0n) is 9.44. The van der Waals surface area contributed by atoms with Gasteiger partial charge >= 0.3 is 0 Å². The fraction of sp³-hybridized carbons (Fsp3) is 0.500. The molecule has 1 atom stereocenters. The van der Waals surface area contributed by atoms with Crippen LogP contribution >= 0.6 is 0 Å². The Morgan fingerprint density at radius 1 is 1.19 bits per heavy atom. The molecular formula is C12H17NO2S. The lowest BCUT2D eigenvalue weighted by Crippen LogP contribution is -2.26. The number of piperidine rings is 1. The van der Waals surface area contributed by atoms with Gasteiger partial charge in [0.2, 0.25) is 0 Å². The first-order valence-corrected chi connectivity index (χ1v) is 7.50. The molecule has 1 N–H and O–H groups in total. The first kappa shape index (κ1) is 11.6. The number of nitrogens with one attached hydrogen (secondary N) is 1. The second-order valence-electron chi connectivity index (χ2n) is 4.34. The maximum atomic E-state index is 11.3. The maximum Gasteiger partial charge on any atom is 0.175 e. The van der Waals surface area contributed by atoms with Gasteiger partial charge in [-0.1, -0.05) is 18.6 Å². The van der Waals surface area contributed by atoms with Crippen molar-refractivity contribution >= 4 is 9.84 Å². The van der Waals surface area contributed by atoms with Crippen molar-refractivity contribution in [3.8, 4) is 0 Å². The largest absolute Gasteiger partial charge is 0.310 e. The molecule has 1 heterocycles. The average Bonchev–Trinajstić information content (AvgIpc) is 2.29. The molecule has 0 radical (unpaired) electrons. The van der Waals surface area contributed by atoms with Crippen molar-refractivity contribution in [3.63, 3.8) is 0 Å². The summed E-state index contributed by atoms with van der Waals surface area (Å²) in [6.07, 6.45) is 4.85. The minimum atomic E-state index is -3.07. The van der Waals surface area contributed by atoms with E-state index < -0.39 is 9.84 Å². The molecular weight excluding hydrogens is 222 g/mol. The van der Waals surface area contributed by atoms with Crippen molar-refractivity contribution in [1.29, 1.82) is 0 Å². The molecule has 0 bridgehead atoms. The Morgan fingerprint density at radius 2 is 1.88 bits per heavy atom. The molecule has 16 heavy (non-hydrogen) atoms. The summed E-state index contributed by atoms with van der Waals surface area (Å²) in [5, 5.41) is 3.44. The highest BCUT2D eigenvalue weighted by Gasteiger charge is 2.15. The molecule has 0 unspecified atom stereocenters. The van der Waals surface area contributed by atoms with E-state index in [2.05, 4.69) is 5.32 Å². The van der Waals surface area contributed by atoms with Crippen molar-refractivity contribution in [3.05, 3.63) is 29.8 Å². The molecule has 3 nitrogen and oxygen atoms in total. The van der Waals surface area contributed by atoms with Gasteiger partial charge in [-0.2, -0.15) is 0 Å². The molecule has 1 aliphatic rings. The zero-order valence-corrected chi connectivity index (χ0v) is 10.3. The second kappa shape index (κ2) is 4.55. The van der Waals surface area contributed by atoms with Gasteiger partial charge in [-0.15, -0.1) is 0 Å². The Labute approximate surface area is 96.8 Å². The Balaban J connectivity index is 2.18. The van der Waals surface area contributed by atoms with E-state index in [0.29, 0.717) is 10.9 Å². The van der Waals surface area contributed by atoms with Gasteiger partial charge in [0.05, 0.1) is 4.90 Å². The van der Waals surface area contributed by atoms with Crippen LogP contribution in [0.1, 0.15) is 30.9 Å². The molecule has 1 aromatic rings. The summed E-state index contributed by atoms with van der Waals surface area (Å²) in [4.78, 5) is 0.395. The van der Waals surface area contributed by atoms with Crippen LogP contribution in [-0.2, 0) is 9.84 Å². The van der Waals surface area contributed by atoms with Crippen LogP contribution in [0, 0.1) is 0 Å². The van der Waals surface area contributed by atoms with E-state index in [9.17, 15) is 8.42 Å². The van der Waals surface area contributed by atoms with Crippen molar-refractivity contribution in [1.82, 2.24) is 5.32 Å². The fourth-order valence-corrected chi connectivity index (χ4v) is 2.71. The van der Waals surface area contributed by atoms with Crippen LogP contribution in [0.4, 0.5) is 0 Å². The Bertz CT molecular complexity index is 444. The molecule has 0 amide bonds. The Hall–Kier alpha value is -0.870. The second-order valence-corrected chi connectivity index (χ2v) is 6.36. The average molecular weight is 239 g/mol. The summed E-state index contributed by atoms with van der Waals surface area (Å²) in [7, 11) is -3.07. The standard InChI is InChI=1S/C12H17NO2S/c1-16(14,15)11-7-5-10(6-8-11)12-4-2-3-9-13-12/h5-8,12-13H,2-4,9H2,1H3/t12-/m1/s1. The monoisotopic (exact) mass is 239 g/mol. The summed E-state index contributed by atoms with van der Waals surface area (Å²) in [6, 6.07) is 7.61. The van der Waals surface area contributed by atoms with Gasteiger partial charge in [0.1, 0.15) is 0 Å². The molecule has 1 aromatic carbocycles. The highest BCUT2D eigenvalue weighted by atomic mass is 32.2. The summed E-state index contributed by atoms with van der Waals surface area (Å²) in [6.45, 7) is 1.05. The number of sulfone groups is 1. The first-order chi connectivity index (χ1) is 7.57. The summed E-state index contributed by atoms with van der Waals surface area (Å²) in [5.74, 6) is 0. The normalized spacial score (nSPS) is 21.9. The molecule has 2 rings (SSSR count). The number of rotatable bonds is 2. The molecule has 1 fully saturated rings. The van der Waals surface area contributed by atoms with Crippen molar-refractivity contribution in [2.75, 3.05) is 12.8 Å². The van der Waals surface area contributed by atoms with Gasteiger partial charge in [-0.25, -0.2) is 8.42 Å². The van der Waals surface area contributed by atoms with Crippen LogP contribution in [0.15, 0.2) is 29.2 Å². The van der Waals surface area contributed by atoms with E-state index in [4.69, 9.17) is 0 Å². The highest BCUT2D eigenvalue weighted by Crippen LogP contribution is 2.23. The highest BCUT2D eigenvalue weighted by molar-refractivity contribution is 7.90. The van der Waals surface area contributed by atoms with Gasteiger partial charge in [0, 0.05) is 12.3 Å². The predicted molar refractivity (Wildman–Crippen MR) is 64.1 cm³/mol. The van der Waals surface area contributed by atoms with Gasteiger partial charge in [-0.3, -0.25) is 0 Å². The van der Waals surface area contributed by atoms with Crippen LogP contribution in [0.2, 0.25) is 0 Å². The van der Waals surface area contributed by atoms with Crippen LogP contribution in [0.5, 0.6) is 0 Å². The van der Waals surface area contributed by atoms with Crippen molar-refractivity contribution in [2.45, 2.75) is 30.2 Å². The van der Waals surface area contributed by atoms with Crippen molar-refractivity contribution in [2.24, 2.45) is 0 Å². The van der Waals surface area contributed by atoms with Crippen molar-refractivity contribution < 1.29 is 8.42 Å². The summed E-state index contributed by atoms with van der Waals surface area (Å²) < 4.78 is 22.6. The molecule has 88 valence electrons. The van der Waals surface area contributed by atoms with E-state index in [1.165, 1.54) is 24.7 Å². The number of benzene rings is 1. The van der Waals surface area contributed by atoms with Crippen LogP contribution in [0.3, 0.4) is 0 Å². The lowest BCUT2D eigenvalue weighted by Gasteiger charge is -2.23. The van der Waals surface area contributed by atoms with E-state index in [0.717, 1.165) is 13.0 Å². The lowest BCUT2D eigenvalue weighted by molar-refractivity contribution is 0.412. The summed E-state index contributed by atoms with van der Waals surface area (Å²) in [5.41, 5.74) is 1.19. The molecule has 4 heteroatoms. The first-order valence-electron chi connectivity index (χ1n) is 5.61. The smallest absolute Gasteiger partial charge is 0.175 e. The Kier molecular flexibility index (Phi) is 3.30. The molecule has 1 saturated heterocycles.